The second-order valence-corrected chi connectivity index (χ2v) is 6.87. The predicted molar refractivity (Wildman–Crippen MR) is 105 cm³/mol. The molecule has 2 fully saturated rings. The number of aliphatic imine (C=N–C) groups is 1. The first-order chi connectivity index (χ1) is 13.3. The Morgan fingerprint density at radius 1 is 1.22 bits per heavy atom. The monoisotopic (exact) mass is 374 g/mol. The van der Waals surface area contributed by atoms with Gasteiger partial charge in [0.2, 0.25) is 5.91 Å². The van der Waals surface area contributed by atoms with Crippen molar-refractivity contribution >= 4 is 11.9 Å². The van der Waals surface area contributed by atoms with Crippen molar-refractivity contribution in [2.45, 2.75) is 24.9 Å². The normalized spacial score (nSPS) is 21.7. The van der Waals surface area contributed by atoms with Gasteiger partial charge in [-0.1, -0.05) is 30.3 Å². The molecule has 3 rings (SSSR count). The van der Waals surface area contributed by atoms with Crippen LogP contribution in [0.4, 0.5) is 0 Å². The SMILES string of the molecule is CN=C(NCC1CCCO1)NCC(C(=O)N1CCOCC1)c1ccccc1. The summed E-state index contributed by atoms with van der Waals surface area (Å²) in [5.74, 6) is 0.568. The number of hydrogen-bond donors (Lipinski definition) is 2. The number of rotatable bonds is 6. The van der Waals surface area contributed by atoms with Crippen molar-refractivity contribution in [3.05, 3.63) is 35.9 Å². The van der Waals surface area contributed by atoms with Crippen LogP contribution in [0.1, 0.15) is 24.3 Å². The Bertz CT molecular complexity index is 611. The third-order valence-electron chi connectivity index (χ3n) is 5.04. The minimum Gasteiger partial charge on any atom is -0.378 e. The van der Waals surface area contributed by atoms with E-state index < -0.39 is 0 Å². The molecule has 2 atom stereocenters. The number of hydrogen-bond acceptors (Lipinski definition) is 4. The van der Waals surface area contributed by atoms with Crippen LogP contribution in [0.2, 0.25) is 0 Å². The summed E-state index contributed by atoms with van der Waals surface area (Å²) in [5, 5.41) is 6.62. The lowest BCUT2D eigenvalue weighted by atomic mass is 9.97. The number of carbonyl (C=O) groups is 1. The lowest BCUT2D eigenvalue weighted by molar-refractivity contribution is -0.136. The van der Waals surface area contributed by atoms with Crippen LogP contribution in [0.15, 0.2) is 35.3 Å². The van der Waals surface area contributed by atoms with E-state index in [2.05, 4.69) is 15.6 Å². The van der Waals surface area contributed by atoms with Gasteiger partial charge in [-0.15, -0.1) is 0 Å². The van der Waals surface area contributed by atoms with Crippen LogP contribution in [0.5, 0.6) is 0 Å². The molecule has 7 heteroatoms. The van der Waals surface area contributed by atoms with Gasteiger partial charge in [0.25, 0.3) is 0 Å². The van der Waals surface area contributed by atoms with Crippen LogP contribution in [0.25, 0.3) is 0 Å². The van der Waals surface area contributed by atoms with Gasteiger partial charge in [0, 0.05) is 39.8 Å². The lowest BCUT2D eigenvalue weighted by Crippen LogP contribution is -2.47. The number of morpholine rings is 1. The molecule has 2 N–H and O–H groups in total. The summed E-state index contributed by atoms with van der Waals surface area (Å²) < 4.78 is 11.0. The second-order valence-electron chi connectivity index (χ2n) is 6.87. The maximum Gasteiger partial charge on any atom is 0.232 e. The molecule has 0 bridgehead atoms. The zero-order valence-electron chi connectivity index (χ0n) is 16.0. The van der Waals surface area contributed by atoms with Crippen molar-refractivity contribution in [2.75, 3.05) is 53.0 Å². The summed E-state index contributed by atoms with van der Waals surface area (Å²) in [6.45, 7) is 4.56. The molecule has 2 unspecified atom stereocenters. The van der Waals surface area contributed by atoms with Crippen LogP contribution < -0.4 is 10.6 Å². The molecule has 0 saturated carbocycles. The highest BCUT2D eigenvalue weighted by Gasteiger charge is 2.27. The Balaban J connectivity index is 1.60. The second kappa shape index (κ2) is 10.3. The number of ether oxygens (including phenoxy) is 2. The van der Waals surface area contributed by atoms with Gasteiger partial charge in [-0.3, -0.25) is 9.79 Å². The van der Waals surface area contributed by atoms with Gasteiger partial charge in [0.05, 0.1) is 25.2 Å². The molecule has 1 aromatic carbocycles. The minimum atomic E-state index is -0.259. The van der Waals surface area contributed by atoms with Crippen molar-refractivity contribution < 1.29 is 14.3 Å². The van der Waals surface area contributed by atoms with Crippen LogP contribution in [0, 0.1) is 0 Å². The van der Waals surface area contributed by atoms with E-state index in [1.165, 1.54) is 0 Å². The first-order valence-corrected chi connectivity index (χ1v) is 9.75. The van der Waals surface area contributed by atoms with Crippen LogP contribution >= 0.6 is 0 Å². The molecule has 0 aromatic heterocycles. The zero-order chi connectivity index (χ0) is 18.9. The number of guanidine groups is 1. The highest BCUT2D eigenvalue weighted by atomic mass is 16.5. The summed E-state index contributed by atoms with van der Waals surface area (Å²) in [5.41, 5.74) is 1.01. The zero-order valence-corrected chi connectivity index (χ0v) is 16.0. The van der Waals surface area contributed by atoms with E-state index >= 15 is 0 Å². The summed E-state index contributed by atoms with van der Waals surface area (Å²) in [4.78, 5) is 19.3. The largest absolute Gasteiger partial charge is 0.378 e. The molecule has 1 aromatic rings. The van der Waals surface area contributed by atoms with Gasteiger partial charge in [-0.2, -0.15) is 0 Å². The lowest BCUT2D eigenvalue weighted by Gasteiger charge is -2.31. The Hall–Kier alpha value is -2.12. The smallest absolute Gasteiger partial charge is 0.232 e. The molecular formula is C20H30N4O3. The molecule has 0 spiro atoms. The minimum absolute atomic E-state index is 0.131. The summed E-state index contributed by atoms with van der Waals surface area (Å²) in [6.07, 6.45) is 2.43. The molecule has 0 radical (unpaired) electrons. The number of amides is 1. The van der Waals surface area contributed by atoms with Gasteiger partial charge < -0.3 is 25.0 Å². The van der Waals surface area contributed by atoms with Crippen molar-refractivity contribution in [3.63, 3.8) is 0 Å². The van der Waals surface area contributed by atoms with Gasteiger partial charge in [0.15, 0.2) is 5.96 Å². The van der Waals surface area contributed by atoms with Gasteiger partial charge in [0.1, 0.15) is 0 Å². The first kappa shape index (κ1) is 19.6. The van der Waals surface area contributed by atoms with Crippen molar-refractivity contribution in [3.8, 4) is 0 Å². The number of benzene rings is 1. The molecule has 2 aliphatic rings. The van der Waals surface area contributed by atoms with Gasteiger partial charge >= 0.3 is 0 Å². The van der Waals surface area contributed by atoms with Gasteiger partial charge in [-0.05, 0) is 18.4 Å². The maximum absolute atomic E-state index is 13.1. The molecule has 1 amide bonds. The average molecular weight is 374 g/mol. The van der Waals surface area contributed by atoms with Crippen molar-refractivity contribution in [1.29, 1.82) is 0 Å². The molecule has 7 nitrogen and oxygen atoms in total. The number of nitrogens with zero attached hydrogens (tertiary/aromatic N) is 2. The van der Waals surface area contributed by atoms with Crippen molar-refractivity contribution in [1.82, 2.24) is 15.5 Å². The van der Waals surface area contributed by atoms with Crippen LogP contribution in [0.3, 0.4) is 0 Å². The van der Waals surface area contributed by atoms with E-state index in [4.69, 9.17) is 9.47 Å². The first-order valence-electron chi connectivity index (χ1n) is 9.75. The molecule has 148 valence electrons. The van der Waals surface area contributed by atoms with Gasteiger partial charge in [-0.25, -0.2) is 0 Å². The topological polar surface area (TPSA) is 75.2 Å². The molecule has 0 aliphatic carbocycles. The molecule has 2 heterocycles. The van der Waals surface area contributed by atoms with Crippen LogP contribution in [-0.2, 0) is 14.3 Å². The molecule has 2 saturated heterocycles. The Kier molecular flexibility index (Phi) is 7.47. The average Bonchev–Trinajstić information content (AvgIpc) is 3.25. The van der Waals surface area contributed by atoms with E-state index in [9.17, 15) is 4.79 Å². The van der Waals surface area contributed by atoms with Crippen LogP contribution in [-0.4, -0.2) is 75.9 Å². The fraction of sp³-hybridized carbons (Fsp3) is 0.600. The number of carbonyl (C=O) groups excluding carboxylic acids is 1. The predicted octanol–water partition coefficient (Wildman–Crippen LogP) is 0.973. The van der Waals surface area contributed by atoms with E-state index in [0.29, 0.717) is 38.8 Å². The molecule has 2 aliphatic heterocycles. The molecule has 27 heavy (non-hydrogen) atoms. The fourth-order valence-electron chi connectivity index (χ4n) is 3.47. The quantitative estimate of drug-likeness (QED) is 0.573. The Morgan fingerprint density at radius 2 is 2.00 bits per heavy atom. The summed E-state index contributed by atoms with van der Waals surface area (Å²) in [6, 6.07) is 9.93. The molecular weight excluding hydrogens is 344 g/mol. The third-order valence-corrected chi connectivity index (χ3v) is 5.04. The maximum atomic E-state index is 13.1. The van der Waals surface area contributed by atoms with E-state index in [1.54, 1.807) is 7.05 Å². The highest BCUT2D eigenvalue weighted by Crippen LogP contribution is 2.19. The van der Waals surface area contributed by atoms with E-state index in [-0.39, 0.29) is 17.9 Å². The Morgan fingerprint density at radius 3 is 2.67 bits per heavy atom. The van der Waals surface area contributed by atoms with E-state index in [1.807, 2.05) is 35.2 Å². The summed E-state index contributed by atoms with van der Waals surface area (Å²) in [7, 11) is 1.74. The van der Waals surface area contributed by atoms with E-state index in [0.717, 1.165) is 31.6 Å². The van der Waals surface area contributed by atoms with Crippen molar-refractivity contribution in [2.24, 2.45) is 4.99 Å². The standard InChI is InChI=1S/C20H30N4O3/c1-21-20(22-14-17-8-5-11-27-17)23-15-18(16-6-3-2-4-7-16)19(25)24-9-12-26-13-10-24/h2-4,6-7,17-18H,5,8-15H2,1H3,(H2,21,22,23). The third kappa shape index (κ3) is 5.68. The fourth-order valence-corrected chi connectivity index (χ4v) is 3.47. The number of nitrogens with one attached hydrogen (secondary N) is 2. The highest BCUT2D eigenvalue weighted by molar-refractivity contribution is 5.86. The Labute approximate surface area is 161 Å². The summed E-state index contributed by atoms with van der Waals surface area (Å²) >= 11 is 0.